The molecule has 7 heteroatoms. The molecule has 1 spiro atoms. The van der Waals surface area contributed by atoms with Crippen LogP contribution in [-0.2, 0) is 9.59 Å². The lowest BCUT2D eigenvalue weighted by Crippen LogP contribution is -2.50. The lowest BCUT2D eigenvalue weighted by molar-refractivity contribution is -0.139. The molecule has 128 valence electrons. The molecule has 0 unspecified atom stereocenters. The Labute approximate surface area is 136 Å². The topological polar surface area (TPSA) is 81.8 Å². The van der Waals surface area contributed by atoms with E-state index in [-0.39, 0.29) is 18.4 Å². The molecule has 23 heavy (non-hydrogen) atoms. The molecule has 0 aromatic rings. The molecule has 0 atom stereocenters. The third-order valence-corrected chi connectivity index (χ3v) is 5.36. The maximum atomic E-state index is 12.7. The van der Waals surface area contributed by atoms with Crippen LogP contribution < -0.4 is 10.6 Å². The Hall–Kier alpha value is -1.63. The van der Waals surface area contributed by atoms with Gasteiger partial charge in [0.2, 0.25) is 5.91 Å². The molecular weight excluding hydrogens is 296 g/mol. The zero-order valence-corrected chi connectivity index (χ0v) is 13.8. The van der Waals surface area contributed by atoms with Gasteiger partial charge in [-0.1, -0.05) is 6.92 Å². The number of rotatable bonds is 2. The molecule has 3 rings (SSSR count). The summed E-state index contributed by atoms with van der Waals surface area (Å²) in [6.07, 6.45) is 4.12. The first-order chi connectivity index (χ1) is 11.0. The van der Waals surface area contributed by atoms with Gasteiger partial charge in [-0.05, 0) is 44.6 Å². The van der Waals surface area contributed by atoms with Crippen molar-refractivity contribution in [2.75, 3.05) is 32.7 Å². The van der Waals surface area contributed by atoms with Gasteiger partial charge in [-0.3, -0.25) is 14.5 Å². The van der Waals surface area contributed by atoms with Gasteiger partial charge in [0.05, 0.1) is 0 Å². The molecule has 0 radical (unpaired) electrons. The number of carbonyl (C=O) groups is 3. The van der Waals surface area contributed by atoms with Crippen molar-refractivity contribution >= 4 is 17.8 Å². The number of imide groups is 1. The predicted molar refractivity (Wildman–Crippen MR) is 84.7 cm³/mol. The summed E-state index contributed by atoms with van der Waals surface area (Å²) in [7, 11) is 0. The van der Waals surface area contributed by atoms with E-state index in [1.54, 1.807) is 4.90 Å². The quantitative estimate of drug-likeness (QED) is 0.717. The summed E-state index contributed by atoms with van der Waals surface area (Å²) in [6, 6.07) is -0.411. The Bertz CT molecular complexity index is 492. The van der Waals surface area contributed by atoms with Crippen LogP contribution in [0.2, 0.25) is 0 Å². The largest absolute Gasteiger partial charge is 0.340 e. The van der Waals surface area contributed by atoms with Crippen LogP contribution in [0.4, 0.5) is 4.79 Å². The second-order valence-corrected chi connectivity index (χ2v) is 7.07. The Balaban J connectivity index is 1.64. The predicted octanol–water partition coefficient (Wildman–Crippen LogP) is 0.309. The fraction of sp³-hybridized carbons (Fsp3) is 0.812. The second-order valence-electron chi connectivity index (χ2n) is 7.07. The van der Waals surface area contributed by atoms with E-state index in [0.29, 0.717) is 31.8 Å². The van der Waals surface area contributed by atoms with E-state index in [9.17, 15) is 14.4 Å². The van der Waals surface area contributed by atoms with Crippen molar-refractivity contribution in [3.8, 4) is 0 Å². The number of urea groups is 1. The number of hydrogen-bond acceptors (Lipinski definition) is 4. The number of amides is 4. The Morgan fingerprint density at radius 1 is 1.22 bits per heavy atom. The Morgan fingerprint density at radius 2 is 1.96 bits per heavy atom. The van der Waals surface area contributed by atoms with Gasteiger partial charge in [0, 0.05) is 19.6 Å². The third kappa shape index (κ3) is 3.20. The third-order valence-electron chi connectivity index (χ3n) is 5.36. The average Bonchev–Trinajstić information content (AvgIpc) is 2.75. The fourth-order valence-electron chi connectivity index (χ4n) is 3.74. The van der Waals surface area contributed by atoms with E-state index in [4.69, 9.17) is 0 Å². The van der Waals surface area contributed by atoms with E-state index in [2.05, 4.69) is 17.6 Å². The first-order valence-electron chi connectivity index (χ1n) is 8.64. The van der Waals surface area contributed by atoms with E-state index < -0.39 is 11.6 Å². The van der Waals surface area contributed by atoms with Crippen molar-refractivity contribution in [3.05, 3.63) is 0 Å². The van der Waals surface area contributed by atoms with Gasteiger partial charge < -0.3 is 15.5 Å². The molecule has 2 N–H and O–H groups in total. The highest BCUT2D eigenvalue weighted by Gasteiger charge is 2.52. The minimum Gasteiger partial charge on any atom is -0.340 e. The summed E-state index contributed by atoms with van der Waals surface area (Å²) in [5.41, 5.74) is -0.760. The standard InChI is InChI=1S/C16H26N4O3/c1-12-3-5-16(6-4-12)14(22)20(15(23)18-16)11-13(21)19-9-2-7-17-8-10-19/h12,17H,2-11H2,1H3,(H,18,23). The van der Waals surface area contributed by atoms with Gasteiger partial charge >= 0.3 is 6.03 Å². The molecule has 3 fully saturated rings. The molecule has 1 saturated carbocycles. The molecule has 2 saturated heterocycles. The molecule has 2 heterocycles. The van der Waals surface area contributed by atoms with Crippen LogP contribution in [0.1, 0.15) is 39.0 Å². The van der Waals surface area contributed by atoms with Crippen LogP contribution in [-0.4, -0.2) is 65.9 Å². The number of nitrogens with one attached hydrogen (secondary N) is 2. The second kappa shape index (κ2) is 6.47. The molecule has 3 aliphatic rings. The Morgan fingerprint density at radius 3 is 2.70 bits per heavy atom. The minimum atomic E-state index is -0.760. The Kier molecular flexibility index (Phi) is 4.57. The van der Waals surface area contributed by atoms with Crippen LogP contribution >= 0.6 is 0 Å². The maximum absolute atomic E-state index is 12.7. The van der Waals surface area contributed by atoms with Crippen molar-refractivity contribution < 1.29 is 14.4 Å². The van der Waals surface area contributed by atoms with Crippen LogP contribution in [0.25, 0.3) is 0 Å². The lowest BCUT2D eigenvalue weighted by atomic mass is 9.77. The average molecular weight is 322 g/mol. The molecule has 2 aliphatic heterocycles. The minimum absolute atomic E-state index is 0.137. The monoisotopic (exact) mass is 322 g/mol. The first kappa shape index (κ1) is 16.2. The number of carbonyl (C=O) groups excluding carboxylic acids is 3. The maximum Gasteiger partial charge on any atom is 0.325 e. The highest BCUT2D eigenvalue weighted by atomic mass is 16.2. The summed E-state index contributed by atoms with van der Waals surface area (Å²) < 4.78 is 0. The molecular formula is C16H26N4O3. The van der Waals surface area contributed by atoms with E-state index in [1.165, 1.54) is 0 Å². The summed E-state index contributed by atoms with van der Waals surface area (Å²) in [4.78, 5) is 40.3. The van der Waals surface area contributed by atoms with Crippen molar-refractivity contribution in [3.63, 3.8) is 0 Å². The SMILES string of the molecule is CC1CCC2(CC1)NC(=O)N(CC(=O)N1CCCNCC1)C2=O. The van der Waals surface area contributed by atoms with Gasteiger partial charge in [0.1, 0.15) is 12.1 Å². The smallest absolute Gasteiger partial charge is 0.325 e. The van der Waals surface area contributed by atoms with Crippen LogP contribution in [0.3, 0.4) is 0 Å². The summed E-state index contributed by atoms with van der Waals surface area (Å²) >= 11 is 0. The van der Waals surface area contributed by atoms with Gasteiger partial charge in [-0.25, -0.2) is 4.79 Å². The van der Waals surface area contributed by atoms with E-state index in [0.717, 1.165) is 37.3 Å². The normalized spacial score (nSPS) is 32.1. The van der Waals surface area contributed by atoms with Crippen LogP contribution in [0.15, 0.2) is 0 Å². The zero-order chi connectivity index (χ0) is 16.4. The van der Waals surface area contributed by atoms with Gasteiger partial charge in [0.15, 0.2) is 0 Å². The molecule has 1 aliphatic carbocycles. The summed E-state index contributed by atoms with van der Waals surface area (Å²) in [6.45, 7) is 5.00. The van der Waals surface area contributed by atoms with E-state index >= 15 is 0 Å². The highest BCUT2D eigenvalue weighted by molar-refractivity contribution is 6.09. The lowest BCUT2D eigenvalue weighted by Gasteiger charge is -2.33. The molecule has 0 bridgehead atoms. The summed E-state index contributed by atoms with van der Waals surface area (Å²) in [5.74, 6) is 0.236. The number of hydrogen-bond donors (Lipinski definition) is 2. The van der Waals surface area contributed by atoms with Gasteiger partial charge in [-0.2, -0.15) is 0 Å². The van der Waals surface area contributed by atoms with Crippen LogP contribution in [0.5, 0.6) is 0 Å². The molecule has 4 amide bonds. The van der Waals surface area contributed by atoms with Gasteiger partial charge in [0.25, 0.3) is 5.91 Å². The van der Waals surface area contributed by atoms with Crippen molar-refractivity contribution in [1.82, 2.24) is 20.4 Å². The van der Waals surface area contributed by atoms with Crippen molar-refractivity contribution in [2.24, 2.45) is 5.92 Å². The zero-order valence-electron chi connectivity index (χ0n) is 13.8. The first-order valence-corrected chi connectivity index (χ1v) is 8.64. The highest BCUT2D eigenvalue weighted by Crippen LogP contribution is 2.36. The molecule has 0 aromatic carbocycles. The van der Waals surface area contributed by atoms with Crippen molar-refractivity contribution in [1.29, 1.82) is 0 Å². The fourth-order valence-corrected chi connectivity index (χ4v) is 3.74. The van der Waals surface area contributed by atoms with E-state index in [1.807, 2.05) is 0 Å². The van der Waals surface area contributed by atoms with Crippen molar-refractivity contribution in [2.45, 2.75) is 44.6 Å². The van der Waals surface area contributed by atoms with Crippen LogP contribution in [0, 0.1) is 5.92 Å². The number of nitrogens with zero attached hydrogens (tertiary/aromatic N) is 2. The summed E-state index contributed by atoms with van der Waals surface area (Å²) in [5, 5.41) is 6.10. The molecule has 7 nitrogen and oxygen atoms in total. The van der Waals surface area contributed by atoms with Gasteiger partial charge in [-0.15, -0.1) is 0 Å². The molecule has 0 aromatic heterocycles.